The first-order valence-corrected chi connectivity index (χ1v) is 13.2. The van der Waals surface area contributed by atoms with Gasteiger partial charge in [0.1, 0.15) is 11.6 Å². The van der Waals surface area contributed by atoms with E-state index in [1.807, 2.05) is 18.2 Å². The van der Waals surface area contributed by atoms with Crippen molar-refractivity contribution in [2.75, 3.05) is 5.32 Å². The quantitative estimate of drug-likeness (QED) is 0.523. The third kappa shape index (κ3) is 5.28. The van der Waals surface area contributed by atoms with Gasteiger partial charge in [0.15, 0.2) is 0 Å². The summed E-state index contributed by atoms with van der Waals surface area (Å²) in [6.45, 7) is 0. The molecule has 3 aromatic rings. The molecule has 5 rings (SSSR count). The van der Waals surface area contributed by atoms with Crippen LogP contribution in [0.15, 0.2) is 71.6 Å². The minimum absolute atomic E-state index is 0.139. The number of hydrogen-bond acceptors (Lipinski definition) is 3. The highest BCUT2D eigenvalue weighted by Gasteiger charge is 2.41. The van der Waals surface area contributed by atoms with Crippen molar-refractivity contribution >= 4 is 21.6 Å². The van der Waals surface area contributed by atoms with Gasteiger partial charge < -0.3 is 5.32 Å². The average Bonchev–Trinajstić information content (AvgIpc) is 3.07. The second-order valence-corrected chi connectivity index (χ2v) is 11.2. The highest BCUT2D eigenvalue weighted by molar-refractivity contribution is 7.89. The van der Waals surface area contributed by atoms with Crippen LogP contribution in [0.5, 0.6) is 0 Å². The first kappa shape index (κ1) is 23.6. The van der Waals surface area contributed by atoms with Crippen LogP contribution in [0.2, 0.25) is 0 Å². The molecule has 0 aliphatic heterocycles. The molecule has 0 saturated heterocycles. The molecule has 2 aliphatic rings. The predicted molar refractivity (Wildman–Crippen MR) is 129 cm³/mol. The average molecular weight is 497 g/mol. The van der Waals surface area contributed by atoms with E-state index in [9.17, 15) is 22.0 Å². The molecule has 1 amide bonds. The normalized spacial score (nSPS) is 21.3. The van der Waals surface area contributed by atoms with E-state index in [0.29, 0.717) is 12.1 Å². The van der Waals surface area contributed by atoms with Gasteiger partial charge in [0.2, 0.25) is 15.9 Å². The van der Waals surface area contributed by atoms with Gasteiger partial charge in [-0.3, -0.25) is 4.79 Å². The third-order valence-electron chi connectivity index (χ3n) is 7.01. The van der Waals surface area contributed by atoms with Gasteiger partial charge >= 0.3 is 0 Å². The third-order valence-corrected chi connectivity index (χ3v) is 8.49. The maximum Gasteiger partial charge on any atom is 0.240 e. The van der Waals surface area contributed by atoms with E-state index < -0.39 is 21.7 Å². The molecule has 3 aromatic carbocycles. The number of rotatable bonds is 6. The fourth-order valence-corrected chi connectivity index (χ4v) is 6.83. The number of amides is 1. The SMILES string of the molecule is O=C(Cc1cc(F)cc(F)c1)Nc1ccc2c(c1)CC1CCC(C2)C1NS(=O)(=O)c1ccccc1. The Morgan fingerprint density at radius 1 is 0.857 bits per heavy atom. The standard InChI is InChI=1S/C27H26F2N2O3S/c28-22-10-17(11-23(29)16-22)12-26(32)30-24-9-8-18-13-19-6-7-20(14-21(18)15-24)27(19)31-35(33,34)25-4-2-1-3-5-25/h1-5,8-11,15-16,19-20,27,31H,6-7,12-14H2,(H,30,32). The van der Waals surface area contributed by atoms with Crippen LogP contribution >= 0.6 is 0 Å². The number of sulfonamides is 1. The molecule has 2 N–H and O–H groups in total. The number of anilines is 1. The van der Waals surface area contributed by atoms with Gasteiger partial charge in [-0.25, -0.2) is 21.9 Å². The van der Waals surface area contributed by atoms with E-state index in [1.165, 1.54) is 0 Å². The van der Waals surface area contributed by atoms with E-state index >= 15 is 0 Å². The topological polar surface area (TPSA) is 75.3 Å². The maximum absolute atomic E-state index is 13.4. The van der Waals surface area contributed by atoms with Crippen molar-refractivity contribution in [3.05, 3.63) is 95.1 Å². The van der Waals surface area contributed by atoms with Gasteiger partial charge in [0.25, 0.3) is 0 Å². The number of fused-ring (bicyclic) bond motifs is 3. The summed E-state index contributed by atoms with van der Waals surface area (Å²) in [5.74, 6) is -1.42. The van der Waals surface area contributed by atoms with Gasteiger partial charge in [-0.1, -0.05) is 24.3 Å². The van der Waals surface area contributed by atoms with Crippen LogP contribution in [-0.4, -0.2) is 20.4 Å². The monoisotopic (exact) mass is 496 g/mol. The van der Waals surface area contributed by atoms with Gasteiger partial charge in [-0.05, 0) is 90.6 Å². The maximum atomic E-state index is 13.4. The molecule has 0 heterocycles. The number of carbonyl (C=O) groups excluding carboxylic acids is 1. The van der Waals surface area contributed by atoms with Crippen LogP contribution < -0.4 is 10.0 Å². The summed E-state index contributed by atoms with van der Waals surface area (Å²) < 4.78 is 55.8. The molecule has 35 heavy (non-hydrogen) atoms. The summed E-state index contributed by atoms with van der Waals surface area (Å²) in [5.41, 5.74) is 3.13. The highest BCUT2D eigenvalue weighted by atomic mass is 32.2. The lowest BCUT2D eigenvalue weighted by molar-refractivity contribution is -0.115. The van der Waals surface area contributed by atoms with Crippen molar-refractivity contribution < 1.29 is 22.0 Å². The Bertz CT molecular complexity index is 1340. The summed E-state index contributed by atoms with van der Waals surface area (Å²) in [5, 5.41) is 2.82. The number of nitrogens with one attached hydrogen (secondary N) is 2. The van der Waals surface area contributed by atoms with Crippen LogP contribution in [0.4, 0.5) is 14.5 Å². The lowest BCUT2D eigenvalue weighted by atomic mass is 9.93. The molecular weight excluding hydrogens is 470 g/mol. The first-order valence-electron chi connectivity index (χ1n) is 11.7. The summed E-state index contributed by atoms with van der Waals surface area (Å²) in [6, 6.07) is 17.1. The Morgan fingerprint density at radius 3 is 2.20 bits per heavy atom. The lowest BCUT2D eigenvalue weighted by Gasteiger charge is -2.23. The van der Waals surface area contributed by atoms with Gasteiger partial charge in [0.05, 0.1) is 11.3 Å². The molecular formula is C27H26F2N2O3S. The molecule has 0 spiro atoms. The van der Waals surface area contributed by atoms with Crippen LogP contribution in [0.1, 0.15) is 29.5 Å². The largest absolute Gasteiger partial charge is 0.326 e. The van der Waals surface area contributed by atoms with Gasteiger partial charge in [-0.15, -0.1) is 0 Å². The second kappa shape index (κ2) is 9.51. The first-order chi connectivity index (χ1) is 16.8. The highest BCUT2D eigenvalue weighted by Crippen LogP contribution is 2.41. The minimum atomic E-state index is -3.61. The second-order valence-electron chi connectivity index (χ2n) is 9.45. The molecule has 8 heteroatoms. The summed E-state index contributed by atoms with van der Waals surface area (Å²) >= 11 is 0. The number of hydrogen-bond donors (Lipinski definition) is 2. The van der Waals surface area contributed by atoms with Crippen molar-refractivity contribution in [3.8, 4) is 0 Å². The Balaban J connectivity index is 1.30. The van der Waals surface area contributed by atoms with Crippen molar-refractivity contribution in [3.63, 3.8) is 0 Å². The molecule has 3 unspecified atom stereocenters. The lowest BCUT2D eigenvalue weighted by Crippen LogP contribution is -2.41. The Labute approximate surface area is 203 Å². The van der Waals surface area contributed by atoms with Crippen LogP contribution in [0.25, 0.3) is 0 Å². The molecule has 5 nitrogen and oxygen atoms in total. The Hall–Kier alpha value is -3.10. The molecule has 2 aliphatic carbocycles. The predicted octanol–water partition coefficient (Wildman–Crippen LogP) is 4.62. The number of carbonyl (C=O) groups is 1. The summed E-state index contributed by atoms with van der Waals surface area (Å²) in [4.78, 5) is 12.7. The Morgan fingerprint density at radius 2 is 1.51 bits per heavy atom. The fourth-order valence-electron chi connectivity index (χ4n) is 5.43. The molecule has 182 valence electrons. The zero-order chi connectivity index (χ0) is 24.6. The molecule has 3 atom stereocenters. The van der Waals surface area contributed by atoms with E-state index in [1.54, 1.807) is 30.3 Å². The zero-order valence-electron chi connectivity index (χ0n) is 19.0. The van der Waals surface area contributed by atoms with Crippen molar-refractivity contribution in [1.82, 2.24) is 4.72 Å². The minimum Gasteiger partial charge on any atom is -0.326 e. The Kier molecular flexibility index (Phi) is 6.42. The van der Waals surface area contributed by atoms with Crippen molar-refractivity contribution in [1.29, 1.82) is 0 Å². The van der Waals surface area contributed by atoms with Crippen molar-refractivity contribution in [2.45, 2.75) is 43.0 Å². The van der Waals surface area contributed by atoms with Crippen LogP contribution in [-0.2, 0) is 34.1 Å². The number of halogens is 2. The van der Waals surface area contributed by atoms with E-state index in [4.69, 9.17) is 0 Å². The van der Waals surface area contributed by atoms with Gasteiger partial charge in [-0.2, -0.15) is 0 Å². The van der Waals surface area contributed by atoms with Crippen molar-refractivity contribution in [2.24, 2.45) is 11.8 Å². The molecule has 1 fully saturated rings. The van der Waals surface area contributed by atoms with Crippen LogP contribution in [0.3, 0.4) is 0 Å². The summed E-state index contributed by atoms with van der Waals surface area (Å²) in [6.07, 6.45) is 3.25. The molecule has 0 radical (unpaired) electrons. The van der Waals surface area contributed by atoms with E-state index in [-0.39, 0.29) is 40.7 Å². The van der Waals surface area contributed by atoms with Gasteiger partial charge in [0, 0.05) is 17.8 Å². The fraction of sp³-hybridized carbons (Fsp3) is 0.296. The van der Waals surface area contributed by atoms with Crippen LogP contribution in [0, 0.1) is 23.5 Å². The molecule has 0 aromatic heterocycles. The smallest absolute Gasteiger partial charge is 0.240 e. The number of benzene rings is 3. The molecule has 2 bridgehead atoms. The van der Waals surface area contributed by atoms with E-state index in [0.717, 1.165) is 48.6 Å². The zero-order valence-corrected chi connectivity index (χ0v) is 19.8. The summed E-state index contributed by atoms with van der Waals surface area (Å²) in [7, 11) is -3.61. The molecule has 1 saturated carbocycles. The van der Waals surface area contributed by atoms with E-state index in [2.05, 4.69) is 10.0 Å².